The summed E-state index contributed by atoms with van der Waals surface area (Å²) in [5, 5.41) is 6.02. The Balaban J connectivity index is 2.31. The lowest BCUT2D eigenvalue weighted by molar-refractivity contribution is -0.141. The summed E-state index contributed by atoms with van der Waals surface area (Å²) in [7, 11) is 0. The summed E-state index contributed by atoms with van der Waals surface area (Å²) >= 11 is 0. The van der Waals surface area contributed by atoms with Gasteiger partial charge in [-0.25, -0.2) is 4.98 Å². The molecule has 94 valence electrons. The van der Waals surface area contributed by atoms with Gasteiger partial charge in [0.25, 0.3) is 5.91 Å². The first kappa shape index (κ1) is 12.0. The monoisotopic (exact) mass is 257 g/mol. The average Bonchev–Trinajstić information content (AvgIpc) is 2.77. The van der Waals surface area contributed by atoms with Gasteiger partial charge in [-0.1, -0.05) is 0 Å². The van der Waals surface area contributed by atoms with E-state index < -0.39 is 17.8 Å². The first-order valence-corrected chi connectivity index (χ1v) is 4.63. The molecule has 6 nitrogen and oxygen atoms in total. The summed E-state index contributed by atoms with van der Waals surface area (Å²) in [5.74, 6) is -0.728. The first-order chi connectivity index (χ1) is 8.38. The van der Waals surface area contributed by atoms with E-state index in [1.54, 1.807) is 0 Å². The van der Waals surface area contributed by atoms with Crippen LogP contribution in [0.15, 0.2) is 18.5 Å². The number of H-pyrrole nitrogens is 1. The number of hydrogen-bond acceptors (Lipinski definition) is 4. The normalized spacial score (nSPS) is 11.5. The highest BCUT2D eigenvalue weighted by molar-refractivity contribution is 5.91. The Bertz CT molecular complexity index is 575. The average molecular weight is 257 g/mol. The van der Waals surface area contributed by atoms with Gasteiger partial charge in [0.1, 0.15) is 17.1 Å². The van der Waals surface area contributed by atoms with E-state index in [2.05, 4.69) is 20.2 Å². The lowest BCUT2D eigenvalue weighted by Gasteiger charge is -2.04. The van der Waals surface area contributed by atoms with Crippen LogP contribution in [0.2, 0.25) is 0 Å². The minimum atomic E-state index is -4.55. The van der Waals surface area contributed by atoms with E-state index in [4.69, 9.17) is 5.73 Å². The molecule has 3 N–H and O–H groups in total. The van der Waals surface area contributed by atoms with Crippen molar-refractivity contribution in [1.29, 1.82) is 0 Å². The quantitative estimate of drug-likeness (QED) is 0.837. The summed E-state index contributed by atoms with van der Waals surface area (Å²) in [4.78, 5) is 17.6. The number of rotatable bonds is 2. The highest BCUT2D eigenvalue weighted by atomic mass is 19.4. The Kier molecular flexibility index (Phi) is 2.73. The lowest BCUT2D eigenvalue weighted by Crippen LogP contribution is -2.11. The number of carbonyl (C=O) groups excluding carboxylic acids is 1. The van der Waals surface area contributed by atoms with Gasteiger partial charge in [0.2, 0.25) is 0 Å². The summed E-state index contributed by atoms with van der Waals surface area (Å²) in [6.45, 7) is 0. The fourth-order valence-corrected chi connectivity index (χ4v) is 1.19. The van der Waals surface area contributed by atoms with Crippen molar-refractivity contribution < 1.29 is 18.0 Å². The molecule has 0 radical (unpaired) electrons. The lowest BCUT2D eigenvalue weighted by atomic mass is 10.3. The van der Waals surface area contributed by atoms with E-state index in [0.717, 1.165) is 6.20 Å². The van der Waals surface area contributed by atoms with Gasteiger partial charge in [-0.2, -0.15) is 18.3 Å². The van der Waals surface area contributed by atoms with Crippen LogP contribution < -0.4 is 5.73 Å². The Morgan fingerprint density at radius 2 is 1.94 bits per heavy atom. The molecule has 0 aromatic carbocycles. The van der Waals surface area contributed by atoms with Crippen molar-refractivity contribution in [2.24, 2.45) is 5.73 Å². The van der Waals surface area contributed by atoms with Crippen molar-refractivity contribution in [2.75, 3.05) is 0 Å². The van der Waals surface area contributed by atoms with Gasteiger partial charge < -0.3 is 5.73 Å². The van der Waals surface area contributed by atoms with E-state index in [1.807, 2.05) is 0 Å². The van der Waals surface area contributed by atoms with Crippen LogP contribution in [0, 0.1) is 0 Å². The number of carbonyl (C=O) groups is 1. The van der Waals surface area contributed by atoms with Crippen LogP contribution in [0.3, 0.4) is 0 Å². The molecule has 0 aliphatic rings. The van der Waals surface area contributed by atoms with Crippen LogP contribution in [0.4, 0.5) is 13.2 Å². The smallest absolute Gasteiger partial charge is 0.364 e. The minimum absolute atomic E-state index is 0.0340. The van der Waals surface area contributed by atoms with Crippen LogP contribution in [0.1, 0.15) is 16.2 Å². The molecule has 1 amide bonds. The molecule has 2 aromatic rings. The Hall–Kier alpha value is -2.45. The van der Waals surface area contributed by atoms with Gasteiger partial charge in [-0.15, -0.1) is 0 Å². The molecule has 0 saturated carbocycles. The molecule has 0 aliphatic heterocycles. The van der Waals surface area contributed by atoms with Crippen LogP contribution >= 0.6 is 0 Å². The zero-order chi connectivity index (χ0) is 13.3. The molecule has 9 heteroatoms. The number of nitrogens with zero attached hydrogens (tertiary/aromatic N) is 3. The van der Waals surface area contributed by atoms with E-state index >= 15 is 0 Å². The standard InChI is InChI=1S/C9H6F3N5O/c10-9(11,12)7-3-14-6(2-15-7)4-1-5(8(13)18)17-16-4/h1-3H,(H2,13,18)(H,16,17). The molecule has 0 atom stereocenters. The second kappa shape index (κ2) is 4.09. The molecule has 0 unspecified atom stereocenters. The van der Waals surface area contributed by atoms with Gasteiger partial charge in [0.05, 0.1) is 12.4 Å². The van der Waals surface area contributed by atoms with Gasteiger partial charge >= 0.3 is 6.18 Å². The molecule has 0 saturated heterocycles. The first-order valence-electron chi connectivity index (χ1n) is 4.63. The minimum Gasteiger partial charge on any atom is -0.364 e. The highest BCUT2D eigenvalue weighted by Gasteiger charge is 2.32. The van der Waals surface area contributed by atoms with Crippen molar-refractivity contribution in [1.82, 2.24) is 20.2 Å². The fourth-order valence-electron chi connectivity index (χ4n) is 1.19. The highest BCUT2D eigenvalue weighted by Crippen LogP contribution is 2.27. The van der Waals surface area contributed by atoms with Crippen molar-refractivity contribution >= 4 is 5.91 Å². The molecule has 2 aromatic heterocycles. The molecule has 2 rings (SSSR count). The van der Waals surface area contributed by atoms with E-state index in [-0.39, 0.29) is 17.1 Å². The van der Waals surface area contributed by atoms with Crippen molar-refractivity contribution in [3.8, 4) is 11.4 Å². The number of halogens is 3. The van der Waals surface area contributed by atoms with Crippen molar-refractivity contribution in [3.05, 3.63) is 29.8 Å². The van der Waals surface area contributed by atoms with Gasteiger partial charge in [-0.05, 0) is 6.07 Å². The molecule has 0 aliphatic carbocycles. The SMILES string of the molecule is NC(=O)c1cc(-c2cnc(C(F)(F)F)cn2)n[nH]1. The van der Waals surface area contributed by atoms with Crippen LogP contribution in [-0.2, 0) is 6.18 Å². The van der Waals surface area contributed by atoms with Crippen LogP contribution in [0.5, 0.6) is 0 Å². The molecule has 2 heterocycles. The van der Waals surface area contributed by atoms with E-state index in [1.165, 1.54) is 6.07 Å². The maximum absolute atomic E-state index is 12.2. The van der Waals surface area contributed by atoms with Gasteiger partial charge in [0, 0.05) is 0 Å². The Morgan fingerprint density at radius 1 is 1.22 bits per heavy atom. The molecule has 0 bridgehead atoms. The Morgan fingerprint density at radius 3 is 2.39 bits per heavy atom. The summed E-state index contributed by atoms with van der Waals surface area (Å²) in [6.07, 6.45) is -3.03. The summed E-state index contributed by atoms with van der Waals surface area (Å²) in [6, 6.07) is 1.28. The topological polar surface area (TPSA) is 97.6 Å². The van der Waals surface area contributed by atoms with Crippen molar-refractivity contribution in [3.63, 3.8) is 0 Å². The number of aromatic amines is 1. The number of hydrogen-bond donors (Lipinski definition) is 2. The van der Waals surface area contributed by atoms with Crippen LogP contribution in [-0.4, -0.2) is 26.1 Å². The number of aromatic nitrogens is 4. The number of alkyl halides is 3. The molecular formula is C9H6F3N5O. The zero-order valence-corrected chi connectivity index (χ0v) is 8.69. The van der Waals surface area contributed by atoms with Crippen LogP contribution in [0.25, 0.3) is 11.4 Å². The summed E-state index contributed by atoms with van der Waals surface area (Å²) in [5.41, 5.74) is 4.21. The van der Waals surface area contributed by atoms with Gasteiger partial charge in [-0.3, -0.25) is 14.9 Å². The predicted octanol–water partition coefficient (Wildman–Crippen LogP) is 0.984. The number of nitrogens with two attached hydrogens (primary N) is 1. The second-order valence-electron chi connectivity index (χ2n) is 3.32. The maximum atomic E-state index is 12.2. The largest absolute Gasteiger partial charge is 0.434 e. The van der Waals surface area contributed by atoms with E-state index in [9.17, 15) is 18.0 Å². The number of primary amides is 1. The second-order valence-corrected chi connectivity index (χ2v) is 3.32. The maximum Gasteiger partial charge on any atom is 0.434 e. The van der Waals surface area contributed by atoms with E-state index in [0.29, 0.717) is 6.20 Å². The van der Waals surface area contributed by atoms with Crippen molar-refractivity contribution in [2.45, 2.75) is 6.18 Å². The third-order valence-electron chi connectivity index (χ3n) is 2.05. The molecule has 18 heavy (non-hydrogen) atoms. The number of nitrogens with one attached hydrogen (secondary N) is 1. The number of amides is 1. The zero-order valence-electron chi connectivity index (χ0n) is 8.69. The fraction of sp³-hybridized carbons (Fsp3) is 0.111. The summed E-state index contributed by atoms with van der Waals surface area (Å²) < 4.78 is 36.7. The molecule has 0 spiro atoms. The predicted molar refractivity (Wildman–Crippen MR) is 53.1 cm³/mol. The third-order valence-corrected chi connectivity index (χ3v) is 2.05. The third kappa shape index (κ3) is 2.29. The van der Waals surface area contributed by atoms with Gasteiger partial charge in [0.15, 0.2) is 5.69 Å². The Labute approximate surface area is 98.1 Å². The molecular weight excluding hydrogens is 251 g/mol. The molecule has 0 fully saturated rings.